The summed E-state index contributed by atoms with van der Waals surface area (Å²) in [5.74, 6) is 1.59. The highest BCUT2D eigenvalue weighted by atomic mass is 16.5. The SMILES string of the molecule is CCC(C)(O)CNc1nccc2c(OC)cccc12. The van der Waals surface area contributed by atoms with Crippen LogP contribution in [0.25, 0.3) is 10.8 Å². The number of hydrogen-bond acceptors (Lipinski definition) is 4. The Labute approximate surface area is 113 Å². The number of nitrogens with one attached hydrogen (secondary N) is 1. The minimum absolute atomic E-state index is 0.465. The summed E-state index contributed by atoms with van der Waals surface area (Å²) in [6.45, 7) is 4.24. The van der Waals surface area contributed by atoms with Gasteiger partial charge in [-0.15, -0.1) is 0 Å². The van der Waals surface area contributed by atoms with Crippen LogP contribution in [0.15, 0.2) is 30.5 Å². The molecule has 0 aliphatic heterocycles. The zero-order valence-electron chi connectivity index (χ0n) is 11.6. The van der Waals surface area contributed by atoms with Gasteiger partial charge in [0.1, 0.15) is 11.6 Å². The molecule has 2 aromatic rings. The van der Waals surface area contributed by atoms with Crippen molar-refractivity contribution in [3.63, 3.8) is 0 Å². The first-order valence-corrected chi connectivity index (χ1v) is 6.45. The highest BCUT2D eigenvalue weighted by Gasteiger charge is 2.17. The molecule has 0 bridgehead atoms. The largest absolute Gasteiger partial charge is 0.496 e. The minimum Gasteiger partial charge on any atom is -0.496 e. The Hall–Kier alpha value is -1.81. The number of pyridine rings is 1. The van der Waals surface area contributed by atoms with Gasteiger partial charge < -0.3 is 15.2 Å². The van der Waals surface area contributed by atoms with E-state index in [4.69, 9.17) is 4.74 Å². The second-order valence-corrected chi connectivity index (χ2v) is 4.92. The van der Waals surface area contributed by atoms with E-state index in [0.717, 1.165) is 22.3 Å². The van der Waals surface area contributed by atoms with Crippen molar-refractivity contribution in [2.24, 2.45) is 0 Å². The number of benzene rings is 1. The van der Waals surface area contributed by atoms with E-state index >= 15 is 0 Å². The van der Waals surface area contributed by atoms with Gasteiger partial charge in [-0.2, -0.15) is 0 Å². The Morgan fingerprint density at radius 2 is 2.11 bits per heavy atom. The number of anilines is 1. The third-order valence-electron chi connectivity index (χ3n) is 3.38. The van der Waals surface area contributed by atoms with Gasteiger partial charge in [0.2, 0.25) is 0 Å². The summed E-state index contributed by atoms with van der Waals surface area (Å²) in [5.41, 5.74) is -0.733. The number of fused-ring (bicyclic) bond motifs is 1. The molecule has 0 aliphatic rings. The van der Waals surface area contributed by atoms with Crippen LogP contribution in [-0.2, 0) is 0 Å². The maximum Gasteiger partial charge on any atom is 0.134 e. The fraction of sp³-hybridized carbons (Fsp3) is 0.400. The van der Waals surface area contributed by atoms with Crippen molar-refractivity contribution in [1.82, 2.24) is 4.98 Å². The second-order valence-electron chi connectivity index (χ2n) is 4.92. The molecular weight excluding hydrogens is 240 g/mol. The highest BCUT2D eigenvalue weighted by Crippen LogP contribution is 2.29. The zero-order chi connectivity index (χ0) is 13.9. The van der Waals surface area contributed by atoms with E-state index < -0.39 is 5.60 Å². The molecule has 1 atom stereocenters. The van der Waals surface area contributed by atoms with Crippen LogP contribution in [0, 0.1) is 0 Å². The van der Waals surface area contributed by atoms with Gasteiger partial charge in [0, 0.05) is 23.5 Å². The van der Waals surface area contributed by atoms with Crippen LogP contribution in [0.2, 0.25) is 0 Å². The van der Waals surface area contributed by atoms with E-state index in [1.165, 1.54) is 0 Å². The normalized spacial score (nSPS) is 14.1. The van der Waals surface area contributed by atoms with Gasteiger partial charge in [-0.1, -0.05) is 19.1 Å². The van der Waals surface area contributed by atoms with Crippen molar-refractivity contribution in [1.29, 1.82) is 0 Å². The molecule has 1 heterocycles. The molecule has 0 saturated heterocycles. The predicted molar refractivity (Wildman–Crippen MR) is 77.7 cm³/mol. The number of rotatable bonds is 5. The molecule has 4 nitrogen and oxygen atoms in total. The predicted octanol–water partition coefficient (Wildman–Crippen LogP) is 2.82. The van der Waals surface area contributed by atoms with Crippen LogP contribution in [0.4, 0.5) is 5.82 Å². The lowest BCUT2D eigenvalue weighted by atomic mass is 10.0. The highest BCUT2D eigenvalue weighted by molar-refractivity contribution is 5.95. The van der Waals surface area contributed by atoms with Crippen molar-refractivity contribution in [2.75, 3.05) is 19.0 Å². The summed E-state index contributed by atoms with van der Waals surface area (Å²) in [4.78, 5) is 4.34. The number of aliphatic hydroxyl groups is 1. The van der Waals surface area contributed by atoms with Gasteiger partial charge in [0.15, 0.2) is 0 Å². The maximum atomic E-state index is 10.0. The molecular formula is C15H20N2O2. The molecule has 0 fully saturated rings. The molecule has 0 spiro atoms. The van der Waals surface area contributed by atoms with Gasteiger partial charge >= 0.3 is 0 Å². The van der Waals surface area contributed by atoms with Gasteiger partial charge in [-0.25, -0.2) is 4.98 Å². The lowest BCUT2D eigenvalue weighted by Gasteiger charge is -2.22. The minimum atomic E-state index is -0.733. The molecule has 0 amide bonds. The van der Waals surface area contributed by atoms with Crippen molar-refractivity contribution < 1.29 is 9.84 Å². The van der Waals surface area contributed by atoms with Crippen LogP contribution in [0.1, 0.15) is 20.3 Å². The third kappa shape index (κ3) is 2.96. The second kappa shape index (κ2) is 5.45. The molecule has 0 saturated carbocycles. The van der Waals surface area contributed by atoms with Crippen LogP contribution in [0.5, 0.6) is 5.75 Å². The van der Waals surface area contributed by atoms with E-state index in [-0.39, 0.29) is 0 Å². The molecule has 1 aromatic carbocycles. The Bertz CT molecular complexity index is 567. The average Bonchev–Trinajstić information content (AvgIpc) is 2.44. The standard InChI is InChI=1S/C15H20N2O2/c1-4-15(2,18)10-17-14-12-6-5-7-13(19-3)11(12)8-9-16-14/h5-9,18H,4,10H2,1-3H3,(H,16,17). The van der Waals surface area contributed by atoms with Crippen molar-refractivity contribution in [3.8, 4) is 5.75 Å². The first kappa shape index (κ1) is 13.6. The molecule has 19 heavy (non-hydrogen) atoms. The van der Waals surface area contributed by atoms with E-state index in [1.54, 1.807) is 13.3 Å². The summed E-state index contributed by atoms with van der Waals surface area (Å²) in [6.07, 6.45) is 2.43. The monoisotopic (exact) mass is 260 g/mol. The smallest absolute Gasteiger partial charge is 0.134 e. The summed E-state index contributed by atoms with van der Waals surface area (Å²) in [5, 5.41) is 15.3. The molecule has 1 unspecified atom stereocenters. The molecule has 1 aromatic heterocycles. The molecule has 102 valence electrons. The summed E-state index contributed by atoms with van der Waals surface area (Å²) in [7, 11) is 1.66. The van der Waals surface area contributed by atoms with E-state index in [0.29, 0.717) is 13.0 Å². The number of aromatic nitrogens is 1. The third-order valence-corrected chi connectivity index (χ3v) is 3.38. The first-order chi connectivity index (χ1) is 9.07. The number of methoxy groups -OCH3 is 1. The lowest BCUT2D eigenvalue weighted by Crippen LogP contribution is -2.32. The Kier molecular flexibility index (Phi) is 3.90. The maximum absolute atomic E-state index is 10.0. The zero-order valence-corrected chi connectivity index (χ0v) is 11.6. The van der Waals surface area contributed by atoms with Crippen LogP contribution >= 0.6 is 0 Å². The Balaban J connectivity index is 2.34. The van der Waals surface area contributed by atoms with Crippen molar-refractivity contribution in [2.45, 2.75) is 25.9 Å². The van der Waals surface area contributed by atoms with Gasteiger partial charge in [-0.05, 0) is 25.5 Å². The first-order valence-electron chi connectivity index (χ1n) is 6.45. The van der Waals surface area contributed by atoms with Crippen molar-refractivity contribution >= 4 is 16.6 Å². The Morgan fingerprint density at radius 3 is 2.79 bits per heavy atom. The van der Waals surface area contributed by atoms with Gasteiger partial charge in [-0.3, -0.25) is 0 Å². The van der Waals surface area contributed by atoms with Crippen LogP contribution in [-0.4, -0.2) is 29.3 Å². The van der Waals surface area contributed by atoms with E-state index in [9.17, 15) is 5.11 Å². The number of hydrogen-bond donors (Lipinski definition) is 2. The molecule has 0 radical (unpaired) electrons. The number of ether oxygens (including phenoxy) is 1. The van der Waals surface area contributed by atoms with Gasteiger partial charge in [0.05, 0.1) is 12.7 Å². The topological polar surface area (TPSA) is 54.4 Å². The Morgan fingerprint density at radius 1 is 1.32 bits per heavy atom. The lowest BCUT2D eigenvalue weighted by molar-refractivity contribution is 0.0697. The molecule has 2 rings (SSSR count). The molecule has 2 N–H and O–H groups in total. The molecule has 4 heteroatoms. The summed E-state index contributed by atoms with van der Waals surface area (Å²) in [6, 6.07) is 7.78. The summed E-state index contributed by atoms with van der Waals surface area (Å²) >= 11 is 0. The number of nitrogens with zero attached hydrogens (tertiary/aromatic N) is 1. The van der Waals surface area contributed by atoms with Crippen LogP contribution in [0.3, 0.4) is 0 Å². The average molecular weight is 260 g/mol. The van der Waals surface area contributed by atoms with E-state index in [1.807, 2.05) is 38.1 Å². The summed E-state index contributed by atoms with van der Waals surface area (Å²) < 4.78 is 5.34. The fourth-order valence-electron chi connectivity index (χ4n) is 1.90. The van der Waals surface area contributed by atoms with E-state index in [2.05, 4.69) is 10.3 Å². The van der Waals surface area contributed by atoms with Crippen molar-refractivity contribution in [3.05, 3.63) is 30.5 Å². The molecule has 0 aliphatic carbocycles. The quantitative estimate of drug-likeness (QED) is 0.868. The fourth-order valence-corrected chi connectivity index (χ4v) is 1.90. The van der Waals surface area contributed by atoms with Crippen LogP contribution < -0.4 is 10.1 Å². The van der Waals surface area contributed by atoms with Gasteiger partial charge in [0.25, 0.3) is 0 Å².